The molecule has 1 N–H and O–H groups in total. The molecule has 1 aromatic carbocycles. The molecule has 0 radical (unpaired) electrons. The first kappa shape index (κ1) is 26.2. The third-order valence-corrected chi connectivity index (χ3v) is 6.01. The first-order chi connectivity index (χ1) is 17.7. The number of anilines is 2. The van der Waals surface area contributed by atoms with E-state index >= 15 is 0 Å². The van der Waals surface area contributed by atoms with Gasteiger partial charge in [0.1, 0.15) is 17.7 Å². The van der Waals surface area contributed by atoms with Gasteiger partial charge in [-0.05, 0) is 19.1 Å². The minimum absolute atomic E-state index is 0.0868. The molecule has 11 nitrogen and oxygen atoms in total. The minimum Gasteiger partial charge on any atom is -0.378 e. The number of fused-ring (bicyclic) bond motifs is 1. The molecule has 2 aromatic heterocycles. The van der Waals surface area contributed by atoms with Gasteiger partial charge in [-0.15, -0.1) is 0 Å². The largest absolute Gasteiger partial charge is 0.378 e. The summed E-state index contributed by atoms with van der Waals surface area (Å²) in [4.78, 5) is 42.8. The van der Waals surface area contributed by atoms with Crippen LogP contribution < -0.4 is 10.2 Å². The van der Waals surface area contributed by atoms with E-state index in [4.69, 9.17) is 4.74 Å². The predicted molar refractivity (Wildman–Crippen MR) is 134 cm³/mol. The van der Waals surface area contributed by atoms with E-state index in [1.807, 2.05) is 4.90 Å². The molecule has 0 saturated carbocycles. The van der Waals surface area contributed by atoms with E-state index in [0.29, 0.717) is 43.2 Å². The average Bonchev–Trinajstić information content (AvgIpc) is 3.28. The van der Waals surface area contributed by atoms with E-state index < -0.39 is 18.3 Å². The summed E-state index contributed by atoms with van der Waals surface area (Å²) in [5.41, 5.74) is 0.885. The average molecular weight is 517 g/mol. The number of benzene rings is 1. The Kier molecular flexibility index (Phi) is 7.81. The molecule has 1 saturated heterocycles. The lowest BCUT2D eigenvalue weighted by atomic mass is 10.3. The number of ether oxygens (including phenoxy) is 1. The molecule has 1 aliphatic heterocycles. The van der Waals surface area contributed by atoms with Crippen LogP contribution in [0.2, 0.25) is 0 Å². The van der Waals surface area contributed by atoms with Gasteiger partial charge >= 0.3 is 0 Å². The van der Waals surface area contributed by atoms with Gasteiger partial charge in [0.25, 0.3) is 6.43 Å². The van der Waals surface area contributed by atoms with Crippen molar-refractivity contribution in [1.29, 1.82) is 0 Å². The molecule has 1 fully saturated rings. The van der Waals surface area contributed by atoms with E-state index in [0.717, 1.165) is 0 Å². The highest BCUT2D eigenvalue weighted by Crippen LogP contribution is 2.29. The highest BCUT2D eigenvalue weighted by Gasteiger charge is 2.25. The van der Waals surface area contributed by atoms with Crippen molar-refractivity contribution in [2.45, 2.75) is 19.4 Å². The number of hydrogen-bond donors (Lipinski definition) is 1. The number of likely N-dealkylation sites (N-methyl/N-ethyl adjacent to an activating group) is 2. The zero-order chi connectivity index (χ0) is 26.7. The molecule has 3 aromatic rings. The van der Waals surface area contributed by atoms with Gasteiger partial charge in [-0.3, -0.25) is 14.2 Å². The number of amides is 2. The van der Waals surface area contributed by atoms with E-state index in [1.54, 1.807) is 51.4 Å². The lowest BCUT2D eigenvalue weighted by Crippen LogP contribution is -2.44. The minimum atomic E-state index is -2.84. The lowest BCUT2D eigenvalue weighted by molar-refractivity contribution is -0.138. The number of nitrogens with zero attached hydrogens (tertiary/aromatic N) is 7. The molecule has 13 heteroatoms. The molecule has 0 spiro atoms. The summed E-state index contributed by atoms with van der Waals surface area (Å²) in [6.07, 6.45) is -2.84. The van der Waals surface area contributed by atoms with Crippen molar-refractivity contribution in [2.24, 2.45) is 0 Å². The molecule has 0 bridgehead atoms. The number of nitrogens with one attached hydrogen (secondary N) is 1. The monoisotopic (exact) mass is 516 g/mol. The third kappa shape index (κ3) is 5.77. The van der Waals surface area contributed by atoms with E-state index in [9.17, 15) is 18.4 Å². The van der Waals surface area contributed by atoms with Gasteiger partial charge in [0.15, 0.2) is 5.82 Å². The fourth-order valence-electron chi connectivity index (χ4n) is 4.00. The molecule has 3 heterocycles. The second-order valence-electron chi connectivity index (χ2n) is 8.95. The maximum atomic E-state index is 14.0. The molecule has 4 rings (SSSR count). The highest BCUT2D eigenvalue weighted by atomic mass is 19.3. The zero-order valence-corrected chi connectivity index (χ0v) is 21.2. The van der Waals surface area contributed by atoms with Crippen molar-refractivity contribution in [2.75, 3.05) is 64.2 Å². The normalized spacial score (nSPS) is 14.6. The van der Waals surface area contributed by atoms with Crippen molar-refractivity contribution in [1.82, 2.24) is 29.3 Å². The summed E-state index contributed by atoms with van der Waals surface area (Å²) >= 11 is 0. The summed E-state index contributed by atoms with van der Waals surface area (Å²) in [6.45, 7) is 3.66. The van der Waals surface area contributed by atoms with Crippen LogP contribution in [0.3, 0.4) is 0 Å². The summed E-state index contributed by atoms with van der Waals surface area (Å²) < 4.78 is 34.8. The van der Waals surface area contributed by atoms with Crippen molar-refractivity contribution in [3.8, 4) is 5.82 Å². The number of aromatic nitrogens is 4. The highest BCUT2D eigenvalue weighted by molar-refractivity contribution is 5.88. The number of morpholine rings is 1. The van der Waals surface area contributed by atoms with Gasteiger partial charge in [0.05, 0.1) is 30.8 Å². The van der Waals surface area contributed by atoms with Gasteiger partial charge in [0.2, 0.25) is 17.8 Å². The molecule has 1 aliphatic rings. The topological polar surface area (TPSA) is 109 Å². The van der Waals surface area contributed by atoms with Crippen molar-refractivity contribution >= 4 is 34.6 Å². The Morgan fingerprint density at radius 2 is 1.76 bits per heavy atom. The van der Waals surface area contributed by atoms with Crippen molar-refractivity contribution in [3.63, 3.8) is 0 Å². The van der Waals surface area contributed by atoms with Gasteiger partial charge in [-0.1, -0.05) is 12.1 Å². The summed E-state index contributed by atoms with van der Waals surface area (Å²) in [6, 6.07) is 7.66. The number of imidazole rings is 1. The van der Waals surface area contributed by atoms with Crippen LogP contribution in [-0.2, 0) is 14.3 Å². The molecule has 198 valence electrons. The van der Waals surface area contributed by atoms with Gasteiger partial charge < -0.3 is 24.8 Å². The molecule has 0 unspecified atom stereocenters. The Morgan fingerprint density at radius 3 is 2.43 bits per heavy atom. The first-order valence-electron chi connectivity index (χ1n) is 11.8. The molecule has 2 amide bonds. The smallest absolute Gasteiger partial charge is 0.296 e. The van der Waals surface area contributed by atoms with Crippen LogP contribution in [0.15, 0.2) is 30.3 Å². The lowest BCUT2D eigenvalue weighted by Gasteiger charge is -2.29. The maximum Gasteiger partial charge on any atom is 0.296 e. The second kappa shape index (κ2) is 11.0. The van der Waals surface area contributed by atoms with Crippen LogP contribution in [0, 0.1) is 0 Å². The predicted octanol–water partition coefficient (Wildman–Crippen LogP) is 1.94. The van der Waals surface area contributed by atoms with E-state index in [2.05, 4.69) is 20.3 Å². The number of halogens is 2. The molecular formula is C24H30F2N8O3. The Bertz CT molecular complexity index is 1280. The fourth-order valence-corrected chi connectivity index (χ4v) is 4.00. The van der Waals surface area contributed by atoms with Gasteiger partial charge in [0, 0.05) is 40.3 Å². The van der Waals surface area contributed by atoms with Crippen LogP contribution in [-0.4, -0.2) is 101 Å². The Hall–Kier alpha value is -3.87. The summed E-state index contributed by atoms with van der Waals surface area (Å²) in [5, 5.41) is 2.99. The third-order valence-electron chi connectivity index (χ3n) is 6.01. The number of carbonyl (C=O) groups excluding carboxylic acids is 2. The first-order valence-corrected chi connectivity index (χ1v) is 11.8. The van der Waals surface area contributed by atoms with Crippen molar-refractivity contribution < 1.29 is 23.1 Å². The number of carbonyl (C=O) groups is 2. The second-order valence-corrected chi connectivity index (χ2v) is 8.95. The van der Waals surface area contributed by atoms with Gasteiger partial charge in [-0.25, -0.2) is 13.8 Å². The number of hydrogen-bond acceptors (Lipinski definition) is 8. The fraction of sp³-hybridized carbons (Fsp3) is 0.458. The van der Waals surface area contributed by atoms with Crippen molar-refractivity contribution in [3.05, 3.63) is 36.2 Å². The van der Waals surface area contributed by atoms with E-state index in [-0.39, 0.29) is 30.1 Å². The molecular weight excluding hydrogens is 486 g/mol. The Morgan fingerprint density at radius 1 is 1.08 bits per heavy atom. The van der Waals surface area contributed by atoms with Crippen LogP contribution in [0.25, 0.3) is 16.9 Å². The Labute approximate surface area is 213 Å². The van der Waals surface area contributed by atoms with Crippen LogP contribution in [0.4, 0.5) is 20.5 Å². The number of rotatable bonds is 8. The summed E-state index contributed by atoms with van der Waals surface area (Å²) in [7, 11) is 4.76. The van der Waals surface area contributed by atoms with Gasteiger partial charge in [-0.2, -0.15) is 9.97 Å². The Balaban J connectivity index is 1.72. The molecule has 37 heavy (non-hydrogen) atoms. The molecule has 1 atom stereocenters. The number of alkyl halides is 2. The maximum absolute atomic E-state index is 14.0. The number of para-hydroxylation sites is 2. The quantitative estimate of drug-likeness (QED) is 0.484. The van der Waals surface area contributed by atoms with E-state index in [1.165, 1.54) is 21.4 Å². The zero-order valence-electron chi connectivity index (χ0n) is 21.2. The summed E-state index contributed by atoms with van der Waals surface area (Å²) in [5.74, 6) is -0.223. The standard InChI is InChI=1S/C24H30F2N8O3/c1-15(23(36)32(4)14-20(35)31(2)3)27-24-29-18(33-9-11-37-12-10-33)13-19(30-24)34-17-8-6-5-7-16(17)28-22(34)21(25)26/h5-8,13,15,21H,9-12,14H2,1-4H3,(H,27,29,30)/t15-/m0/s1. The van der Waals surface area contributed by atoms with Crippen LogP contribution in [0.1, 0.15) is 19.2 Å². The molecule has 0 aliphatic carbocycles. The van der Waals surface area contributed by atoms with Crippen LogP contribution >= 0.6 is 0 Å². The SMILES string of the molecule is C[C@H](Nc1nc(N2CCOCC2)cc(-n2c(C(F)F)nc3ccccc32)n1)C(=O)N(C)CC(=O)N(C)C. The van der Waals surface area contributed by atoms with Crippen LogP contribution in [0.5, 0.6) is 0 Å².